The molecule has 0 rings (SSSR count). The summed E-state index contributed by atoms with van der Waals surface area (Å²) >= 11 is 0. The minimum atomic E-state index is -1.36. The quantitative estimate of drug-likeness (QED) is 0.373. The lowest BCUT2D eigenvalue weighted by Gasteiger charge is -2.22. The van der Waals surface area contributed by atoms with Crippen molar-refractivity contribution < 1.29 is 15.3 Å². The van der Waals surface area contributed by atoms with E-state index in [0.29, 0.717) is 0 Å². The molecule has 0 aromatic rings. The predicted octanol–water partition coefficient (Wildman–Crippen LogP) is -1.36. The van der Waals surface area contributed by atoms with Crippen LogP contribution in [-0.2, 0) is 0 Å². The zero-order chi connectivity index (χ0) is 8.31. The molecule has 62 valence electrons. The van der Waals surface area contributed by atoms with Crippen LogP contribution >= 0.6 is 0 Å². The van der Waals surface area contributed by atoms with Crippen LogP contribution in [-0.4, -0.2) is 33.8 Å². The van der Waals surface area contributed by atoms with Gasteiger partial charge in [-0.3, -0.25) is 0 Å². The molecule has 0 aliphatic heterocycles. The summed E-state index contributed by atoms with van der Waals surface area (Å²) in [6.45, 7) is 3.46. The molecule has 0 fully saturated rings. The largest absolute Gasteiger partial charge is 0.390 e. The molecule has 0 aromatic carbocycles. The second kappa shape index (κ2) is 3.88. The van der Waals surface area contributed by atoms with Gasteiger partial charge in [0, 0.05) is 0 Å². The fraction of sp³-hybridized carbons (Fsp3) is 1.00. The Morgan fingerprint density at radius 2 is 1.40 bits per heavy atom. The van der Waals surface area contributed by atoms with Gasteiger partial charge in [-0.25, -0.2) is 0 Å². The minimum absolute atomic E-state index is 0.104. The van der Waals surface area contributed by atoms with Crippen molar-refractivity contribution in [2.45, 2.75) is 32.3 Å². The Morgan fingerprint density at radius 3 is 1.50 bits per heavy atom. The molecule has 0 heterocycles. The Balaban J connectivity index is 3.81. The van der Waals surface area contributed by atoms with Crippen LogP contribution in [0.4, 0.5) is 0 Å². The lowest BCUT2D eigenvalue weighted by Crippen LogP contribution is -2.44. The fourth-order valence-corrected chi connectivity index (χ4v) is 0.596. The van der Waals surface area contributed by atoms with Gasteiger partial charge in [-0.2, -0.15) is 0 Å². The van der Waals surface area contributed by atoms with E-state index in [1.165, 1.54) is 0 Å². The van der Waals surface area contributed by atoms with Crippen molar-refractivity contribution in [2.75, 3.05) is 0 Å². The summed E-state index contributed by atoms with van der Waals surface area (Å²) in [6, 6.07) is 0. The summed E-state index contributed by atoms with van der Waals surface area (Å²) in [5.74, 6) is -0.104. The fourth-order valence-electron chi connectivity index (χ4n) is 0.596. The zero-order valence-corrected chi connectivity index (χ0v) is 6.23. The van der Waals surface area contributed by atoms with Gasteiger partial charge in [0.2, 0.25) is 0 Å². The van der Waals surface area contributed by atoms with E-state index in [1.807, 2.05) is 0 Å². The standard InChI is InChI=1S/C6H15NO3/c1-3(2)4(8)5(9)6(7)10/h3-6,8-10H,7H2,1-2H3. The molecule has 0 spiro atoms. The second-order valence-electron chi connectivity index (χ2n) is 2.72. The van der Waals surface area contributed by atoms with Gasteiger partial charge in [-0.1, -0.05) is 13.8 Å². The third-order valence-corrected chi connectivity index (χ3v) is 1.38. The summed E-state index contributed by atoms with van der Waals surface area (Å²) in [5, 5.41) is 26.6. The van der Waals surface area contributed by atoms with Crippen molar-refractivity contribution in [3.05, 3.63) is 0 Å². The molecule has 4 heteroatoms. The summed E-state index contributed by atoms with van der Waals surface area (Å²) in [7, 11) is 0. The summed E-state index contributed by atoms with van der Waals surface area (Å²) in [4.78, 5) is 0. The third kappa shape index (κ3) is 2.62. The van der Waals surface area contributed by atoms with Crippen LogP contribution in [0.15, 0.2) is 0 Å². The van der Waals surface area contributed by atoms with Gasteiger partial charge in [-0.05, 0) is 5.92 Å². The molecule has 0 saturated heterocycles. The van der Waals surface area contributed by atoms with E-state index in [-0.39, 0.29) is 5.92 Å². The minimum Gasteiger partial charge on any atom is -0.390 e. The van der Waals surface area contributed by atoms with Crippen LogP contribution in [0.2, 0.25) is 0 Å². The molecular formula is C6H15NO3. The Hall–Kier alpha value is -0.160. The molecule has 0 saturated carbocycles. The van der Waals surface area contributed by atoms with Crippen molar-refractivity contribution in [3.63, 3.8) is 0 Å². The molecule has 0 radical (unpaired) electrons. The third-order valence-electron chi connectivity index (χ3n) is 1.38. The highest BCUT2D eigenvalue weighted by Crippen LogP contribution is 2.06. The van der Waals surface area contributed by atoms with Crippen LogP contribution < -0.4 is 5.73 Å². The van der Waals surface area contributed by atoms with Crippen LogP contribution in [0.1, 0.15) is 13.8 Å². The van der Waals surface area contributed by atoms with Crippen LogP contribution in [0.3, 0.4) is 0 Å². The first-order valence-electron chi connectivity index (χ1n) is 3.26. The first kappa shape index (κ1) is 9.84. The molecule has 0 amide bonds. The lowest BCUT2D eigenvalue weighted by molar-refractivity contribution is -0.0729. The van der Waals surface area contributed by atoms with Crippen LogP contribution in [0.5, 0.6) is 0 Å². The van der Waals surface area contributed by atoms with Gasteiger partial charge in [0.05, 0.1) is 6.10 Å². The van der Waals surface area contributed by atoms with Gasteiger partial charge in [0.25, 0.3) is 0 Å². The van der Waals surface area contributed by atoms with E-state index in [1.54, 1.807) is 13.8 Å². The van der Waals surface area contributed by atoms with Gasteiger partial charge in [0.15, 0.2) is 0 Å². The van der Waals surface area contributed by atoms with Gasteiger partial charge < -0.3 is 21.1 Å². The summed E-state index contributed by atoms with van der Waals surface area (Å²) in [6.07, 6.45) is -3.57. The van der Waals surface area contributed by atoms with Crippen LogP contribution in [0.25, 0.3) is 0 Å². The maximum atomic E-state index is 9.08. The van der Waals surface area contributed by atoms with Crippen molar-refractivity contribution in [2.24, 2.45) is 11.7 Å². The summed E-state index contributed by atoms with van der Waals surface area (Å²) in [5.41, 5.74) is 4.92. The predicted molar refractivity (Wildman–Crippen MR) is 37.0 cm³/mol. The number of rotatable bonds is 3. The average molecular weight is 149 g/mol. The maximum Gasteiger partial charge on any atom is 0.131 e. The van der Waals surface area contributed by atoms with Gasteiger partial charge >= 0.3 is 0 Å². The van der Waals surface area contributed by atoms with Crippen molar-refractivity contribution in [1.29, 1.82) is 0 Å². The highest BCUT2D eigenvalue weighted by atomic mass is 16.4. The highest BCUT2D eigenvalue weighted by Gasteiger charge is 2.23. The molecule has 0 aromatic heterocycles. The molecule has 10 heavy (non-hydrogen) atoms. The van der Waals surface area contributed by atoms with Gasteiger partial charge in [0.1, 0.15) is 12.3 Å². The van der Waals surface area contributed by atoms with E-state index in [4.69, 9.17) is 21.1 Å². The van der Waals surface area contributed by atoms with E-state index in [0.717, 1.165) is 0 Å². The van der Waals surface area contributed by atoms with Crippen molar-refractivity contribution in [1.82, 2.24) is 0 Å². The van der Waals surface area contributed by atoms with E-state index in [9.17, 15) is 0 Å². The normalized spacial score (nSPS) is 20.7. The number of nitrogens with two attached hydrogens (primary N) is 1. The monoisotopic (exact) mass is 149 g/mol. The number of hydrogen-bond acceptors (Lipinski definition) is 4. The number of aliphatic hydroxyl groups is 3. The topological polar surface area (TPSA) is 86.7 Å². The Labute approximate surface area is 60.3 Å². The van der Waals surface area contributed by atoms with E-state index < -0.39 is 18.4 Å². The first-order valence-corrected chi connectivity index (χ1v) is 3.26. The Morgan fingerprint density at radius 1 is 1.00 bits per heavy atom. The Bertz CT molecular complexity index is 83.0. The SMILES string of the molecule is CC(C)C(O)C(O)C(N)O. The maximum absolute atomic E-state index is 9.08. The molecule has 0 aliphatic carbocycles. The number of hydrogen-bond donors (Lipinski definition) is 4. The Kier molecular flexibility index (Phi) is 3.81. The molecule has 5 N–H and O–H groups in total. The number of aliphatic hydroxyl groups excluding tert-OH is 3. The lowest BCUT2D eigenvalue weighted by atomic mass is 10.0. The zero-order valence-electron chi connectivity index (χ0n) is 6.23. The van der Waals surface area contributed by atoms with E-state index >= 15 is 0 Å². The highest BCUT2D eigenvalue weighted by molar-refractivity contribution is 4.73. The molecule has 0 bridgehead atoms. The second-order valence-corrected chi connectivity index (χ2v) is 2.72. The smallest absolute Gasteiger partial charge is 0.131 e. The first-order chi connectivity index (χ1) is 4.46. The molecule has 4 nitrogen and oxygen atoms in total. The van der Waals surface area contributed by atoms with Crippen molar-refractivity contribution >= 4 is 0 Å². The summed E-state index contributed by atoms with van der Waals surface area (Å²) < 4.78 is 0. The molecule has 3 atom stereocenters. The molecule has 0 aliphatic rings. The van der Waals surface area contributed by atoms with E-state index in [2.05, 4.69) is 0 Å². The molecule has 3 unspecified atom stereocenters. The van der Waals surface area contributed by atoms with Crippen molar-refractivity contribution in [3.8, 4) is 0 Å². The van der Waals surface area contributed by atoms with Gasteiger partial charge in [-0.15, -0.1) is 0 Å². The average Bonchev–Trinajstić information content (AvgIpc) is 1.84. The van der Waals surface area contributed by atoms with Crippen LogP contribution in [0, 0.1) is 5.92 Å². The molecular weight excluding hydrogens is 134 g/mol.